The molecule has 6 heteroatoms. The number of nitrogens with zero attached hydrogens (tertiary/aromatic N) is 2. The van der Waals surface area contributed by atoms with E-state index in [1.807, 2.05) is 6.92 Å². The number of hydrogen-bond donors (Lipinski definition) is 1. The molecule has 1 heterocycles. The van der Waals surface area contributed by atoms with E-state index >= 15 is 0 Å². The van der Waals surface area contributed by atoms with E-state index in [0.717, 1.165) is 6.07 Å². The Kier molecular flexibility index (Phi) is 4.57. The highest BCUT2D eigenvalue weighted by molar-refractivity contribution is 5.31. The third-order valence-electron chi connectivity index (χ3n) is 2.87. The Morgan fingerprint density at radius 3 is 2.80 bits per heavy atom. The smallest absolute Gasteiger partial charge is 0.216 e. The van der Waals surface area contributed by atoms with Crippen molar-refractivity contribution in [2.24, 2.45) is 0 Å². The fourth-order valence-electron chi connectivity index (χ4n) is 1.94. The van der Waals surface area contributed by atoms with Gasteiger partial charge in [0.25, 0.3) is 0 Å². The van der Waals surface area contributed by atoms with Crippen LogP contribution in [0, 0.1) is 11.6 Å². The lowest BCUT2D eigenvalue weighted by Gasteiger charge is -2.18. The molecule has 0 bridgehead atoms. The topological polar surface area (TPSA) is 47.0 Å². The maximum absolute atomic E-state index is 14.0. The van der Waals surface area contributed by atoms with Crippen LogP contribution in [0.15, 0.2) is 30.6 Å². The molecule has 0 saturated heterocycles. The van der Waals surface area contributed by atoms with Gasteiger partial charge >= 0.3 is 0 Å². The number of nitrogens with one attached hydrogen (secondary N) is 1. The van der Waals surface area contributed by atoms with Crippen molar-refractivity contribution < 1.29 is 13.5 Å². The Morgan fingerprint density at radius 2 is 2.10 bits per heavy atom. The van der Waals surface area contributed by atoms with Crippen molar-refractivity contribution in [3.63, 3.8) is 0 Å². The van der Waals surface area contributed by atoms with Crippen molar-refractivity contribution in [2.45, 2.75) is 13.0 Å². The number of hydrogen-bond acceptors (Lipinski definition) is 4. The van der Waals surface area contributed by atoms with Crippen LogP contribution in [-0.4, -0.2) is 23.6 Å². The monoisotopic (exact) mass is 279 g/mol. The molecular formula is C14H15F2N3O. The van der Waals surface area contributed by atoms with E-state index in [0.29, 0.717) is 18.1 Å². The van der Waals surface area contributed by atoms with E-state index in [2.05, 4.69) is 15.3 Å². The van der Waals surface area contributed by atoms with Crippen LogP contribution in [0.4, 0.5) is 8.78 Å². The molecule has 1 aromatic carbocycles. The molecule has 1 aromatic heterocycles. The van der Waals surface area contributed by atoms with Gasteiger partial charge in [0, 0.05) is 11.6 Å². The van der Waals surface area contributed by atoms with E-state index < -0.39 is 17.7 Å². The number of halogens is 2. The second-order valence-electron chi connectivity index (χ2n) is 4.12. The molecule has 0 amide bonds. The van der Waals surface area contributed by atoms with Gasteiger partial charge in [0.2, 0.25) is 5.88 Å². The molecule has 1 N–H and O–H groups in total. The lowest BCUT2D eigenvalue weighted by molar-refractivity contribution is 0.394. The lowest BCUT2D eigenvalue weighted by Crippen LogP contribution is -2.24. The second-order valence-corrected chi connectivity index (χ2v) is 4.12. The molecule has 0 aliphatic heterocycles. The predicted molar refractivity (Wildman–Crippen MR) is 70.5 cm³/mol. The van der Waals surface area contributed by atoms with Crippen LogP contribution in [0.1, 0.15) is 24.2 Å². The summed E-state index contributed by atoms with van der Waals surface area (Å²) < 4.78 is 32.4. The number of aromatic nitrogens is 2. The summed E-state index contributed by atoms with van der Waals surface area (Å²) in [6, 6.07) is 5.12. The highest BCUT2D eigenvalue weighted by Gasteiger charge is 2.21. The van der Waals surface area contributed by atoms with Gasteiger partial charge in [-0.15, -0.1) is 0 Å². The molecule has 1 atom stereocenters. The molecule has 0 aliphatic rings. The Hall–Kier alpha value is -2.08. The average Bonchev–Trinajstić information content (AvgIpc) is 2.48. The van der Waals surface area contributed by atoms with Crippen molar-refractivity contribution >= 4 is 0 Å². The number of benzene rings is 1. The first-order valence-electron chi connectivity index (χ1n) is 6.20. The SMILES string of the molecule is CCNC(c1cc(OC)ncn1)c1cccc(F)c1F. The van der Waals surface area contributed by atoms with Crippen LogP contribution < -0.4 is 10.1 Å². The molecule has 20 heavy (non-hydrogen) atoms. The largest absolute Gasteiger partial charge is 0.481 e. The van der Waals surface area contributed by atoms with Crippen LogP contribution in [0.25, 0.3) is 0 Å². The van der Waals surface area contributed by atoms with Crippen molar-refractivity contribution in [2.75, 3.05) is 13.7 Å². The fraction of sp³-hybridized carbons (Fsp3) is 0.286. The summed E-state index contributed by atoms with van der Waals surface area (Å²) in [6.45, 7) is 2.45. The Balaban J connectivity index is 2.47. The van der Waals surface area contributed by atoms with Gasteiger partial charge in [-0.05, 0) is 12.6 Å². The highest BCUT2D eigenvalue weighted by Crippen LogP contribution is 2.25. The maximum Gasteiger partial charge on any atom is 0.216 e. The molecule has 2 rings (SSSR count). The standard InChI is InChI=1S/C14H15F2N3O/c1-3-17-14(9-5-4-6-10(15)13(9)16)11-7-12(20-2)19-8-18-11/h4-8,14,17H,3H2,1-2H3. The van der Waals surface area contributed by atoms with E-state index in [9.17, 15) is 8.78 Å². The molecule has 0 aliphatic carbocycles. The molecule has 1 unspecified atom stereocenters. The minimum absolute atomic E-state index is 0.201. The van der Waals surface area contributed by atoms with Gasteiger partial charge in [0.15, 0.2) is 11.6 Å². The van der Waals surface area contributed by atoms with Crippen LogP contribution in [0.3, 0.4) is 0 Å². The third kappa shape index (κ3) is 2.91. The minimum atomic E-state index is -0.883. The first-order chi connectivity index (χ1) is 9.67. The summed E-state index contributed by atoms with van der Waals surface area (Å²) in [7, 11) is 1.48. The highest BCUT2D eigenvalue weighted by atomic mass is 19.2. The number of ether oxygens (including phenoxy) is 1. The van der Waals surface area contributed by atoms with Gasteiger partial charge in [0.1, 0.15) is 6.33 Å². The molecule has 0 saturated carbocycles. The Bertz CT molecular complexity index is 592. The van der Waals surface area contributed by atoms with E-state index in [1.165, 1.54) is 25.6 Å². The van der Waals surface area contributed by atoms with E-state index in [-0.39, 0.29) is 5.56 Å². The third-order valence-corrected chi connectivity index (χ3v) is 2.87. The summed E-state index contributed by atoms with van der Waals surface area (Å²) in [6.07, 6.45) is 1.33. The number of methoxy groups -OCH3 is 1. The zero-order chi connectivity index (χ0) is 14.5. The van der Waals surface area contributed by atoms with Crippen LogP contribution in [-0.2, 0) is 0 Å². The summed E-state index contributed by atoms with van der Waals surface area (Å²) >= 11 is 0. The Morgan fingerprint density at radius 1 is 1.30 bits per heavy atom. The van der Waals surface area contributed by atoms with Gasteiger partial charge in [0.05, 0.1) is 18.8 Å². The molecule has 0 spiro atoms. The zero-order valence-corrected chi connectivity index (χ0v) is 11.2. The van der Waals surface area contributed by atoms with Crippen LogP contribution >= 0.6 is 0 Å². The van der Waals surface area contributed by atoms with Crippen molar-refractivity contribution in [1.29, 1.82) is 0 Å². The normalized spacial score (nSPS) is 12.2. The molecule has 4 nitrogen and oxygen atoms in total. The van der Waals surface area contributed by atoms with E-state index in [4.69, 9.17) is 4.74 Å². The first-order valence-corrected chi connectivity index (χ1v) is 6.20. The molecular weight excluding hydrogens is 264 g/mol. The van der Waals surface area contributed by atoms with Crippen molar-refractivity contribution in [3.05, 3.63) is 53.5 Å². The van der Waals surface area contributed by atoms with Crippen molar-refractivity contribution in [3.8, 4) is 5.88 Å². The van der Waals surface area contributed by atoms with Crippen molar-refractivity contribution in [1.82, 2.24) is 15.3 Å². The fourth-order valence-corrected chi connectivity index (χ4v) is 1.94. The summed E-state index contributed by atoms with van der Waals surface area (Å²) in [5, 5.41) is 3.08. The minimum Gasteiger partial charge on any atom is -0.481 e. The predicted octanol–water partition coefficient (Wildman–Crippen LogP) is 2.46. The van der Waals surface area contributed by atoms with Gasteiger partial charge < -0.3 is 10.1 Å². The quantitative estimate of drug-likeness (QED) is 0.913. The Labute approximate surface area is 115 Å². The van der Waals surface area contributed by atoms with Gasteiger partial charge in [-0.1, -0.05) is 19.1 Å². The lowest BCUT2D eigenvalue weighted by atomic mass is 10.0. The van der Waals surface area contributed by atoms with Crippen LogP contribution in [0.2, 0.25) is 0 Å². The average molecular weight is 279 g/mol. The first kappa shape index (κ1) is 14.3. The number of rotatable bonds is 5. The zero-order valence-electron chi connectivity index (χ0n) is 11.2. The maximum atomic E-state index is 14.0. The molecule has 2 aromatic rings. The summed E-state index contributed by atoms with van der Waals surface area (Å²) in [5.74, 6) is -1.39. The summed E-state index contributed by atoms with van der Waals surface area (Å²) in [5.41, 5.74) is 0.718. The second kappa shape index (κ2) is 6.38. The molecule has 0 radical (unpaired) electrons. The van der Waals surface area contributed by atoms with Crippen LogP contribution in [0.5, 0.6) is 5.88 Å². The van der Waals surface area contributed by atoms with Gasteiger partial charge in [-0.3, -0.25) is 0 Å². The van der Waals surface area contributed by atoms with E-state index in [1.54, 1.807) is 6.07 Å². The molecule has 0 fully saturated rings. The summed E-state index contributed by atoms with van der Waals surface area (Å²) in [4.78, 5) is 8.02. The van der Waals surface area contributed by atoms with Gasteiger partial charge in [-0.2, -0.15) is 0 Å². The van der Waals surface area contributed by atoms with Gasteiger partial charge in [-0.25, -0.2) is 18.7 Å². The molecule has 106 valence electrons.